The van der Waals surface area contributed by atoms with Gasteiger partial charge in [-0.3, -0.25) is 4.79 Å². The monoisotopic (exact) mass is 398 g/mol. The number of hydrogen-bond donors (Lipinski definition) is 0. The Morgan fingerprint density at radius 1 is 0.966 bits per heavy atom. The van der Waals surface area contributed by atoms with Gasteiger partial charge in [-0.1, -0.05) is 59.1 Å². The highest BCUT2D eigenvalue weighted by molar-refractivity contribution is 5.78. The van der Waals surface area contributed by atoms with Gasteiger partial charge in [0, 0.05) is 5.56 Å². The summed E-state index contributed by atoms with van der Waals surface area (Å²) in [5.74, 6) is 2.22. The molecule has 0 bridgehead atoms. The van der Waals surface area contributed by atoms with E-state index < -0.39 is 0 Å². The fourth-order valence-electron chi connectivity index (χ4n) is 3.04. The molecule has 158 valence electrons. The maximum absolute atomic E-state index is 11.4. The Hall–Kier alpha value is -2.49. The molecule has 29 heavy (non-hydrogen) atoms. The quantitative estimate of drug-likeness (QED) is 0.287. The second-order valence-electron chi connectivity index (χ2n) is 7.94. The highest BCUT2D eigenvalue weighted by atomic mass is 16.5. The average molecular weight is 399 g/mol. The number of rotatable bonds is 12. The van der Waals surface area contributed by atoms with Crippen LogP contribution in [0.3, 0.4) is 0 Å². The molecule has 2 aromatic carbocycles. The third-order valence-electron chi connectivity index (χ3n) is 5.39. The van der Waals surface area contributed by atoms with E-state index in [1.807, 2.05) is 12.1 Å². The summed E-state index contributed by atoms with van der Waals surface area (Å²) in [4.78, 5) is 11.4. The lowest BCUT2D eigenvalue weighted by atomic mass is 9.82. The number of aldehydes is 1. The standard InChI is InChI=1S/C25H34O4/c1-6-8-9-10-15-28-24-22(27-5)16-19(18-26)17-23(24)29-21-13-11-20(12-14-21)25(3,4)7-2/h11-14,16-18H,6-10,15H2,1-5H3. The van der Waals surface area contributed by atoms with Crippen LogP contribution in [0.4, 0.5) is 0 Å². The van der Waals surface area contributed by atoms with Gasteiger partial charge >= 0.3 is 0 Å². The van der Waals surface area contributed by atoms with Gasteiger partial charge in [0.05, 0.1) is 13.7 Å². The summed E-state index contributed by atoms with van der Waals surface area (Å²) in [6.07, 6.45) is 6.29. The lowest BCUT2D eigenvalue weighted by Crippen LogP contribution is -2.14. The van der Waals surface area contributed by atoms with Crippen molar-refractivity contribution in [1.82, 2.24) is 0 Å². The minimum Gasteiger partial charge on any atom is -0.493 e. The number of hydrogen-bond acceptors (Lipinski definition) is 4. The van der Waals surface area contributed by atoms with Crippen LogP contribution in [-0.4, -0.2) is 20.0 Å². The summed E-state index contributed by atoms with van der Waals surface area (Å²) in [7, 11) is 1.57. The first-order valence-electron chi connectivity index (χ1n) is 10.5. The molecule has 0 radical (unpaired) electrons. The molecule has 0 heterocycles. The summed E-state index contributed by atoms with van der Waals surface area (Å²) in [5.41, 5.74) is 1.87. The Bertz CT molecular complexity index is 778. The van der Waals surface area contributed by atoms with Crippen LogP contribution in [0.2, 0.25) is 0 Å². The SMILES string of the molecule is CCCCCCOc1c(OC)cc(C=O)cc1Oc1ccc(C(C)(C)CC)cc1. The van der Waals surface area contributed by atoms with Crippen molar-refractivity contribution in [3.63, 3.8) is 0 Å². The van der Waals surface area contributed by atoms with Crippen LogP contribution in [0.1, 0.15) is 75.7 Å². The zero-order valence-electron chi connectivity index (χ0n) is 18.4. The maximum atomic E-state index is 11.4. The molecule has 2 aromatic rings. The molecule has 4 nitrogen and oxygen atoms in total. The van der Waals surface area contributed by atoms with Crippen molar-refractivity contribution in [2.75, 3.05) is 13.7 Å². The predicted octanol–water partition coefficient (Wildman–Crippen LogP) is 6.95. The highest BCUT2D eigenvalue weighted by Gasteiger charge is 2.19. The number of benzene rings is 2. The number of carbonyl (C=O) groups excluding carboxylic acids is 1. The summed E-state index contributed by atoms with van der Waals surface area (Å²) < 4.78 is 17.6. The number of methoxy groups -OCH3 is 1. The highest BCUT2D eigenvalue weighted by Crippen LogP contribution is 2.41. The summed E-state index contributed by atoms with van der Waals surface area (Å²) >= 11 is 0. The van der Waals surface area contributed by atoms with Gasteiger partial charge < -0.3 is 14.2 Å². The molecule has 0 amide bonds. The van der Waals surface area contributed by atoms with Gasteiger partial charge in [-0.25, -0.2) is 0 Å². The van der Waals surface area contributed by atoms with Gasteiger partial charge in [-0.15, -0.1) is 0 Å². The molecule has 0 saturated carbocycles. The Morgan fingerprint density at radius 2 is 1.66 bits per heavy atom. The maximum Gasteiger partial charge on any atom is 0.204 e. The van der Waals surface area contributed by atoms with Crippen molar-refractivity contribution in [3.05, 3.63) is 47.5 Å². The molecule has 0 saturated heterocycles. The predicted molar refractivity (Wildman–Crippen MR) is 118 cm³/mol. The summed E-state index contributed by atoms with van der Waals surface area (Å²) in [6.45, 7) is 9.40. The van der Waals surface area contributed by atoms with Crippen LogP contribution in [0.5, 0.6) is 23.0 Å². The molecule has 0 aliphatic heterocycles. The third-order valence-corrected chi connectivity index (χ3v) is 5.39. The van der Waals surface area contributed by atoms with E-state index in [4.69, 9.17) is 14.2 Å². The van der Waals surface area contributed by atoms with E-state index in [1.54, 1.807) is 19.2 Å². The average Bonchev–Trinajstić information content (AvgIpc) is 2.74. The number of ether oxygens (including phenoxy) is 3. The molecule has 0 fully saturated rings. The van der Waals surface area contributed by atoms with Gasteiger partial charge in [0.2, 0.25) is 5.75 Å². The van der Waals surface area contributed by atoms with Gasteiger partial charge in [-0.2, -0.15) is 0 Å². The Balaban J connectivity index is 2.26. The third kappa shape index (κ3) is 6.25. The number of unbranched alkanes of at least 4 members (excludes halogenated alkanes) is 3. The Kier molecular flexibility index (Phi) is 8.56. The van der Waals surface area contributed by atoms with Crippen molar-refractivity contribution < 1.29 is 19.0 Å². The van der Waals surface area contributed by atoms with Crippen LogP contribution in [0.25, 0.3) is 0 Å². The topological polar surface area (TPSA) is 44.8 Å². The van der Waals surface area contributed by atoms with E-state index in [0.29, 0.717) is 35.2 Å². The second-order valence-corrected chi connectivity index (χ2v) is 7.94. The zero-order valence-corrected chi connectivity index (χ0v) is 18.4. The minimum atomic E-state index is 0.117. The van der Waals surface area contributed by atoms with E-state index >= 15 is 0 Å². The molecule has 0 unspecified atom stereocenters. The zero-order chi connectivity index (χ0) is 21.3. The van der Waals surface area contributed by atoms with Crippen LogP contribution in [-0.2, 0) is 5.41 Å². The lowest BCUT2D eigenvalue weighted by molar-refractivity contribution is 0.112. The molecule has 0 aliphatic carbocycles. The first kappa shape index (κ1) is 22.8. The smallest absolute Gasteiger partial charge is 0.204 e. The van der Waals surface area contributed by atoms with Crippen LogP contribution in [0.15, 0.2) is 36.4 Å². The Morgan fingerprint density at radius 3 is 2.24 bits per heavy atom. The van der Waals surface area contributed by atoms with Gasteiger partial charge in [0.25, 0.3) is 0 Å². The van der Waals surface area contributed by atoms with Crippen LogP contribution >= 0.6 is 0 Å². The first-order valence-corrected chi connectivity index (χ1v) is 10.5. The van der Waals surface area contributed by atoms with Crippen LogP contribution < -0.4 is 14.2 Å². The van der Waals surface area contributed by atoms with E-state index in [2.05, 4.69) is 39.8 Å². The van der Waals surface area contributed by atoms with E-state index in [-0.39, 0.29) is 5.41 Å². The molecule has 0 N–H and O–H groups in total. The molecule has 0 atom stereocenters. The van der Waals surface area contributed by atoms with E-state index in [9.17, 15) is 4.79 Å². The van der Waals surface area contributed by atoms with E-state index in [1.165, 1.54) is 18.4 Å². The minimum absolute atomic E-state index is 0.117. The van der Waals surface area contributed by atoms with Crippen molar-refractivity contribution >= 4 is 6.29 Å². The van der Waals surface area contributed by atoms with Gasteiger partial charge in [0.15, 0.2) is 11.5 Å². The number of carbonyl (C=O) groups is 1. The fourth-order valence-corrected chi connectivity index (χ4v) is 3.04. The molecule has 0 aromatic heterocycles. The molecule has 0 spiro atoms. The fraction of sp³-hybridized carbons (Fsp3) is 0.480. The summed E-state index contributed by atoms with van der Waals surface area (Å²) in [6, 6.07) is 11.5. The summed E-state index contributed by atoms with van der Waals surface area (Å²) in [5, 5.41) is 0. The van der Waals surface area contributed by atoms with Crippen molar-refractivity contribution in [1.29, 1.82) is 0 Å². The largest absolute Gasteiger partial charge is 0.493 e. The lowest BCUT2D eigenvalue weighted by Gasteiger charge is -2.23. The van der Waals surface area contributed by atoms with Crippen molar-refractivity contribution in [2.24, 2.45) is 0 Å². The Labute approximate surface area is 175 Å². The van der Waals surface area contributed by atoms with Gasteiger partial charge in [0.1, 0.15) is 12.0 Å². The molecular formula is C25H34O4. The van der Waals surface area contributed by atoms with E-state index in [0.717, 1.165) is 25.5 Å². The first-order chi connectivity index (χ1) is 13.9. The van der Waals surface area contributed by atoms with Gasteiger partial charge in [-0.05, 0) is 48.1 Å². The second kappa shape index (κ2) is 10.9. The normalized spacial score (nSPS) is 11.2. The molecular weight excluding hydrogens is 364 g/mol. The molecule has 2 rings (SSSR count). The molecule has 0 aliphatic rings. The van der Waals surface area contributed by atoms with Crippen molar-refractivity contribution in [3.8, 4) is 23.0 Å². The van der Waals surface area contributed by atoms with Crippen LogP contribution in [0, 0.1) is 0 Å². The molecule has 4 heteroatoms. The van der Waals surface area contributed by atoms with Crippen molar-refractivity contribution in [2.45, 2.75) is 65.2 Å².